The molecule has 0 spiro atoms. The minimum absolute atomic E-state index is 0.119. The topological polar surface area (TPSA) is 101 Å². The molecule has 12 unspecified atom stereocenters. The maximum absolute atomic E-state index is 12.3. The number of carbonyl (C=O) groups excluding carboxylic acids is 2. The van der Waals surface area contributed by atoms with Gasteiger partial charge in [0.1, 0.15) is 0 Å². The highest BCUT2D eigenvalue weighted by Gasteiger charge is 2.48. The van der Waals surface area contributed by atoms with Crippen molar-refractivity contribution in [3.63, 3.8) is 0 Å². The lowest BCUT2D eigenvalue weighted by Crippen LogP contribution is -2.46. The Morgan fingerprint density at radius 2 is 1.02 bits per heavy atom. The van der Waals surface area contributed by atoms with Crippen molar-refractivity contribution in [1.82, 2.24) is 21.3 Å². The predicted octanol–water partition coefficient (Wildman–Crippen LogP) is 4.79. The fourth-order valence-electron chi connectivity index (χ4n) is 10.1. The fourth-order valence-corrected chi connectivity index (χ4v) is 10.1. The average Bonchev–Trinajstić information content (AvgIpc) is 3.67. The molecule has 0 aromatic rings. The second-order valence-electron chi connectivity index (χ2n) is 14.6. The van der Waals surface area contributed by atoms with Gasteiger partial charge < -0.3 is 30.7 Å². The van der Waals surface area contributed by atoms with Crippen LogP contribution in [0.3, 0.4) is 0 Å². The molecule has 8 heteroatoms. The van der Waals surface area contributed by atoms with Gasteiger partial charge in [0.05, 0.1) is 14.2 Å². The molecule has 0 aromatic carbocycles. The van der Waals surface area contributed by atoms with Crippen molar-refractivity contribution < 1.29 is 19.1 Å². The molecule has 12 atom stereocenters. The Hall–Kier alpha value is -1.74. The van der Waals surface area contributed by atoms with Gasteiger partial charge in [-0.2, -0.15) is 0 Å². The summed E-state index contributed by atoms with van der Waals surface area (Å²) in [5.41, 5.74) is 6.28. The molecule has 4 N–H and O–H groups in total. The summed E-state index contributed by atoms with van der Waals surface area (Å²) in [7, 11) is 2.98. The van der Waals surface area contributed by atoms with Crippen LogP contribution in [0.15, 0.2) is 22.3 Å². The summed E-state index contributed by atoms with van der Waals surface area (Å²) in [5.74, 6) is 1.47. The highest BCUT2D eigenvalue weighted by Crippen LogP contribution is 2.43. The second kappa shape index (κ2) is 14.4. The van der Waals surface area contributed by atoms with Crippen molar-refractivity contribution >= 4 is 11.9 Å². The third-order valence-electron chi connectivity index (χ3n) is 12.8. The van der Waals surface area contributed by atoms with Crippen LogP contribution in [0.5, 0.6) is 0 Å². The fraction of sp³-hybridized carbons (Fsp3) is 0.833. The molecule has 3 saturated heterocycles. The molecule has 0 amide bonds. The van der Waals surface area contributed by atoms with E-state index >= 15 is 0 Å². The Bertz CT molecular complexity index is 1120. The summed E-state index contributed by atoms with van der Waals surface area (Å²) in [6, 6.07) is 2.94. The highest BCUT2D eigenvalue weighted by atomic mass is 16.5. The zero-order valence-electron chi connectivity index (χ0n) is 28.6. The van der Waals surface area contributed by atoms with E-state index < -0.39 is 0 Å². The Morgan fingerprint density at radius 3 is 1.45 bits per heavy atom. The summed E-state index contributed by atoms with van der Waals surface area (Å²) in [4.78, 5) is 24.6. The molecule has 5 heterocycles. The lowest BCUT2D eigenvalue weighted by atomic mass is 9.78. The number of hydrogen-bond acceptors (Lipinski definition) is 8. The second-order valence-corrected chi connectivity index (χ2v) is 14.6. The van der Waals surface area contributed by atoms with Crippen LogP contribution in [0.25, 0.3) is 0 Å². The van der Waals surface area contributed by atoms with Crippen LogP contribution < -0.4 is 21.3 Å². The number of fused-ring (bicyclic) bond motifs is 8. The van der Waals surface area contributed by atoms with E-state index in [1.807, 2.05) is 0 Å². The Morgan fingerprint density at radius 1 is 0.614 bits per heavy atom. The Balaban J connectivity index is 1.48. The van der Waals surface area contributed by atoms with Crippen molar-refractivity contribution in [2.75, 3.05) is 14.2 Å². The lowest BCUT2D eigenvalue weighted by molar-refractivity contribution is -0.141. The Labute approximate surface area is 266 Å². The summed E-state index contributed by atoms with van der Waals surface area (Å²) < 4.78 is 10.1. The molecule has 44 heavy (non-hydrogen) atoms. The van der Waals surface area contributed by atoms with Gasteiger partial charge in [0.25, 0.3) is 0 Å². The van der Waals surface area contributed by atoms with Gasteiger partial charge in [-0.05, 0) is 88.9 Å². The number of nitrogens with one attached hydrogen (secondary N) is 4. The molecule has 0 aromatic heterocycles. The average molecular weight is 613 g/mol. The summed E-state index contributed by atoms with van der Waals surface area (Å²) in [6.07, 6.45) is 9.02. The van der Waals surface area contributed by atoms with E-state index in [9.17, 15) is 9.59 Å². The number of esters is 2. The van der Waals surface area contributed by atoms with Crippen molar-refractivity contribution in [1.29, 1.82) is 0 Å². The number of methoxy groups -OCH3 is 2. The van der Waals surface area contributed by atoms with Crippen LogP contribution >= 0.6 is 0 Å². The third-order valence-corrected chi connectivity index (χ3v) is 12.8. The van der Waals surface area contributed by atoms with E-state index in [1.165, 1.54) is 19.8 Å². The summed E-state index contributed by atoms with van der Waals surface area (Å²) in [6.45, 7) is 14.2. The summed E-state index contributed by atoms with van der Waals surface area (Å²) >= 11 is 0. The van der Waals surface area contributed by atoms with E-state index in [0.29, 0.717) is 84.8 Å². The van der Waals surface area contributed by atoms with E-state index in [2.05, 4.69) is 62.8 Å². The number of ether oxygens (including phenoxy) is 2. The van der Waals surface area contributed by atoms with Gasteiger partial charge in [-0.15, -0.1) is 0 Å². The minimum Gasteiger partial charge on any atom is -0.469 e. The first kappa shape index (κ1) is 33.6. The third kappa shape index (κ3) is 6.70. The van der Waals surface area contributed by atoms with Crippen LogP contribution in [-0.4, -0.2) is 74.5 Å². The Kier molecular flexibility index (Phi) is 11.0. The van der Waals surface area contributed by atoms with Crippen molar-refractivity contribution in [3.05, 3.63) is 22.3 Å². The minimum atomic E-state index is -0.120. The van der Waals surface area contributed by atoms with Crippen molar-refractivity contribution in [3.8, 4) is 0 Å². The standard InChI is InChI=1S/C36H60N4O4/c1-9-23-19(3)27-15-28-21(5)25(11-13-35(41)43-7)33(39-28)18-34-26(12-14-36(42)44-8)22(6)30(40-34)17-32-24(10-2)20(4)29(38-32)16-31(23)37-27/h21-22,25-34,37-40H,9-18H2,1-8H3. The molecule has 0 aliphatic carbocycles. The SMILES string of the molecule is CCC1=C(C)C2CC3NC(CC4NC(CC5NC(CC1N2)C(C)=C5CC)C(C)C4CCC(=O)OC)C(CCC(=O)OC)C3C. The van der Waals surface area contributed by atoms with Crippen LogP contribution in [0.2, 0.25) is 0 Å². The molecule has 248 valence electrons. The van der Waals surface area contributed by atoms with E-state index in [-0.39, 0.29) is 11.9 Å². The zero-order chi connectivity index (χ0) is 31.7. The van der Waals surface area contributed by atoms with Crippen LogP contribution in [0.4, 0.5) is 0 Å². The molecule has 5 aliphatic heterocycles. The van der Waals surface area contributed by atoms with Crippen LogP contribution in [0, 0.1) is 23.7 Å². The number of rotatable bonds is 8. The van der Waals surface area contributed by atoms with Crippen molar-refractivity contribution in [2.24, 2.45) is 23.7 Å². The quantitative estimate of drug-likeness (QED) is 0.230. The molecular formula is C36H60N4O4. The summed E-state index contributed by atoms with van der Waals surface area (Å²) in [5, 5.41) is 16.5. The molecular weight excluding hydrogens is 552 g/mol. The first-order chi connectivity index (χ1) is 21.1. The van der Waals surface area contributed by atoms with E-state index in [1.54, 1.807) is 16.7 Å². The lowest BCUT2D eigenvalue weighted by Gasteiger charge is -2.28. The predicted molar refractivity (Wildman–Crippen MR) is 175 cm³/mol. The van der Waals surface area contributed by atoms with Gasteiger partial charge in [-0.1, -0.05) is 50.0 Å². The maximum Gasteiger partial charge on any atom is 0.305 e. The number of hydrogen-bond donors (Lipinski definition) is 4. The first-order valence-electron chi connectivity index (χ1n) is 17.7. The van der Waals surface area contributed by atoms with E-state index in [4.69, 9.17) is 9.47 Å². The van der Waals surface area contributed by atoms with Gasteiger partial charge >= 0.3 is 11.9 Å². The van der Waals surface area contributed by atoms with E-state index in [0.717, 1.165) is 51.4 Å². The van der Waals surface area contributed by atoms with Crippen LogP contribution in [0.1, 0.15) is 106 Å². The van der Waals surface area contributed by atoms with Gasteiger partial charge in [-0.25, -0.2) is 0 Å². The molecule has 5 rings (SSSR count). The van der Waals surface area contributed by atoms with Gasteiger partial charge in [0.2, 0.25) is 0 Å². The normalized spacial score (nSPS) is 40.5. The molecule has 8 bridgehead atoms. The van der Waals surface area contributed by atoms with Crippen molar-refractivity contribution in [2.45, 2.75) is 154 Å². The first-order valence-corrected chi connectivity index (χ1v) is 17.7. The van der Waals surface area contributed by atoms with Gasteiger partial charge in [0, 0.05) is 61.2 Å². The largest absolute Gasteiger partial charge is 0.469 e. The zero-order valence-corrected chi connectivity index (χ0v) is 28.6. The monoisotopic (exact) mass is 612 g/mol. The molecule has 0 radical (unpaired) electrons. The maximum atomic E-state index is 12.3. The number of carbonyl (C=O) groups is 2. The molecule has 0 saturated carbocycles. The van der Waals surface area contributed by atoms with Gasteiger partial charge in [0.15, 0.2) is 0 Å². The molecule has 3 fully saturated rings. The smallest absolute Gasteiger partial charge is 0.305 e. The highest BCUT2D eigenvalue weighted by molar-refractivity contribution is 5.69. The van der Waals surface area contributed by atoms with Gasteiger partial charge in [-0.3, -0.25) is 9.59 Å². The molecule has 5 aliphatic rings. The van der Waals surface area contributed by atoms with Crippen LogP contribution in [-0.2, 0) is 19.1 Å². The molecule has 8 nitrogen and oxygen atoms in total.